The normalized spacial score (nSPS) is 24.4. The van der Waals surface area contributed by atoms with Gasteiger partial charge in [0.2, 0.25) is 0 Å². The van der Waals surface area contributed by atoms with Crippen LogP contribution < -0.4 is 16.2 Å². The van der Waals surface area contributed by atoms with Gasteiger partial charge in [0.05, 0.1) is 12.1 Å². The average molecular weight is 490 g/mol. The highest BCUT2D eigenvalue weighted by Crippen LogP contribution is 2.58. The molecule has 0 saturated heterocycles. The van der Waals surface area contributed by atoms with Crippen molar-refractivity contribution in [2.75, 3.05) is 6.61 Å². The Morgan fingerprint density at radius 3 is 2.57 bits per heavy atom. The maximum absolute atomic E-state index is 11.7. The summed E-state index contributed by atoms with van der Waals surface area (Å²) in [6.07, 6.45) is 8.41. The van der Waals surface area contributed by atoms with Crippen LogP contribution in [0.4, 0.5) is 0 Å². The van der Waals surface area contributed by atoms with Crippen molar-refractivity contribution < 1.29 is 9.53 Å². The maximum Gasteiger partial charge on any atom is 0.150 e. The molecule has 186 valence electrons. The fraction of sp³-hybridized carbons (Fsp3) is 0.281. The summed E-state index contributed by atoms with van der Waals surface area (Å²) in [4.78, 5) is 11.7. The molecule has 0 radical (unpaired) electrons. The minimum absolute atomic E-state index is 0.0958. The first kappa shape index (κ1) is 22.5. The highest BCUT2D eigenvalue weighted by molar-refractivity contribution is 5.86. The minimum Gasteiger partial charge on any atom is -0.493 e. The lowest BCUT2D eigenvalue weighted by molar-refractivity contribution is 0.112. The van der Waals surface area contributed by atoms with Crippen molar-refractivity contribution in [3.63, 3.8) is 0 Å². The fourth-order valence-electron chi connectivity index (χ4n) is 6.51. The first-order valence-corrected chi connectivity index (χ1v) is 13.2. The van der Waals surface area contributed by atoms with Crippen LogP contribution in [0.3, 0.4) is 0 Å². The van der Waals surface area contributed by atoms with Gasteiger partial charge in [0.1, 0.15) is 12.0 Å². The van der Waals surface area contributed by atoms with E-state index in [-0.39, 0.29) is 12.0 Å². The lowest BCUT2D eigenvalue weighted by atomic mass is 9.77. The number of hydrogen-bond acceptors (Lipinski definition) is 4. The SMILES string of the molecule is NC1c2cc(C=O)cc3c2C(N)(CCO3)C1c1cc2cc(C=Cc3ccccc3)ccc2n1CC1CC1. The lowest BCUT2D eigenvalue weighted by Crippen LogP contribution is -2.45. The van der Waals surface area contributed by atoms with Crippen LogP contribution in [0.25, 0.3) is 23.1 Å². The third-order valence-corrected chi connectivity index (χ3v) is 8.48. The van der Waals surface area contributed by atoms with E-state index in [2.05, 4.69) is 65.3 Å². The molecule has 2 aliphatic carbocycles. The molecule has 0 amide bonds. The number of hydrogen-bond donors (Lipinski definition) is 2. The summed E-state index contributed by atoms with van der Waals surface area (Å²) in [5, 5.41) is 1.21. The molecule has 37 heavy (non-hydrogen) atoms. The fourth-order valence-corrected chi connectivity index (χ4v) is 6.51. The Kier molecular flexibility index (Phi) is 5.14. The van der Waals surface area contributed by atoms with Crippen LogP contribution in [-0.4, -0.2) is 17.5 Å². The number of carbonyl (C=O) groups excluding carboxylic acids is 1. The number of rotatable bonds is 6. The molecule has 5 heteroatoms. The van der Waals surface area contributed by atoms with Gasteiger partial charge in [-0.2, -0.15) is 0 Å². The van der Waals surface area contributed by atoms with Gasteiger partial charge < -0.3 is 20.8 Å². The molecular weight excluding hydrogens is 458 g/mol. The molecule has 0 spiro atoms. The van der Waals surface area contributed by atoms with Crippen LogP contribution in [0.15, 0.2) is 66.7 Å². The molecule has 3 aromatic carbocycles. The number of fused-ring (bicyclic) bond motifs is 1. The number of carbonyl (C=O) groups is 1. The van der Waals surface area contributed by atoms with E-state index in [9.17, 15) is 4.79 Å². The van der Waals surface area contributed by atoms with E-state index in [1.165, 1.54) is 35.0 Å². The van der Waals surface area contributed by atoms with Crippen LogP contribution >= 0.6 is 0 Å². The van der Waals surface area contributed by atoms with Gasteiger partial charge in [0.15, 0.2) is 0 Å². The van der Waals surface area contributed by atoms with E-state index < -0.39 is 5.54 Å². The highest BCUT2D eigenvalue weighted by atomic mass is 16.5. The molecule has 4 N–H and O–H groups in total. The summed E-state index contributed by atoms with van der Waals surface area (Å²) < 4.78 is 8.46. The first-order valence-electron chi connectivity index (χ1n) is 13.2. The second-order valence-corrected chi connectivity index (χ2v) is 10.9. The maximum atomic E-state index is 11.7. The summed E-state index contributed by atoms with van der Waals surface area (Å²) in [6.45, 7) is 1.50. The number of aromatic nitrogens is 1. The van der Waals surface area contributed by atoms with E-state index in [1.807, 2.05) is 18.2 Å². The zero-order valence-corrected chi connectivity index (χ0v) is 20.8. The standard InChI is InChI=1S/C32H31N3O2/c33-31-25-15-23(19-36)16-28-29(25)32(34,12-13-37-28)30(31)27-17-24-14-21(7-6-20-4-2-1-3-5-20)10-11-26(24)35(27)18-22-8-9-22/h1-7,10-11,14-17,19,22,30-31H,8-9,12-13,18,33-34H2. The number of aldehydes is 1. The molecule has 3 atom stereocenters. The van der Waals surface area contributed by atoms with Crippen molar-refractivity contribution in [2.45, 2.75) is 43.3 Å². The van der Waals surface area contributed by atoms with E-state index in [4.69, 9.17) is 16.2 Å². The first-order chi connectivity index (χ1) is 18.0. The molecule has 3 unspecified atom stereocenters. The van der Waals surface area contributed by atoms with Gasteiger partial charge in [-0.15, -0.1) is 0 Å². The van der Waals surface area contributed by atoms with Gasteiger partial charge >= 0.3 is 0 Å². The smallest absolute Gasteiger partial charge is 0.150 e. The molecule has 1 saturated carbocycles. The summed E-state index contributed by atoms with van der Waals surface area (Å²) in [5.41, 5.74) is 20.9. The molecule has 2 heterocycles. The van der Waals surface area contributed by atoms with Gasteiger partial charge in [-0.3, -0.25) is 4.79 Å². The Labute approximate surface area is 216 Å². The topological polar surface area (TPSA) is 83.3 Å². The van der Waals surface area contributed by atoms with Gasteiger partial charge in [-0.1, -0.05) is 48.6 Å². The second kappa shape index (κ2) is 8.44. The molecular formula is C32H31N3O2. The Hall–Kier alpha value is -3.67. The Morgan fingerprint density at radius 1 is 0.973 bits per heavy atom. The van der Waals surface area contributed by atoms with Crippen LogP contribution in [0.2, 0.25) is 0 Å². The summed E-state index contributed by atoms with van der Waals surface area (Å²) in [7, 11) is 0. The zero-order chi connectivity index (χ0) is 25.1. The molecule has 3 aliphatic rings. The molecule has 1 aliphatic heterocycles. The predicted octanol–water partition coefficient (Wildman–Crippen LogP) is 5.77. The van der Waals surface area contributed by atoms with Crippen molar-refractivity contribution in [3.8, 4) is 5.75 Å². The molecule has 1 fully saturated rings. The van der Waals surface area contributed by atoms with Crippen molar-refractivity contribution in [3.05, 3.63) is 100 Å². The Morgan fingerprint density at radius 2 is 1.78 bits per heavy atom. The number of benzene rings is 3. The molecule has 7 rings (SSSR count). The van der Waals surface area contributed by atoms with E-state index >= 15 is 0 Å². The number of nitrogens with zero attached hydrogens (tertiary/aromatic N) is 1. The summed E-state index contributed by atoms with van der Waals surface area (Å²) >= 11 is 0. The van der Waals surface area contributed by atoms with Gasteiger partial charge in [0.25, 0.3) is 0 Å². The monoisotopic (exact) mass is 489 g/mol. The van der Waals surface area contributed by atoms with E-state index in [0.717, 1.165) is 29.5 Å². The average Bonchev–Trinajstić information content (AvgIpc) is 3.63. The van der Waals surface area contributed by atoms with Crippen LogP contribution in [0.5, 0.6) is 5.75 Å². The van der Waals surface area contributed by atoms with Crippen molar-refractivity contribution in [1.82, 2.24) is 4.57 Å². The molecule has 5 nitrogen and oxygen atoms in total. The number of nitrogens with two attached hydrogens (primary N) is 2. The Bertz CT molecular complexity index is 1550. The molecule has 4 aromatic rings. The summed E-state index contributed by atoms with van der Waals surface area (Å²) in [6, 6.07) is 22.8. The van der Waals surface area contributed by atoms with Gasteiger partial charge in [-0.25, -0.2) is 0 Å². The largest absolute Gasteiger partial charge is 0.493 e. The predicted molar refractivity (Wildman–Crippen MR) is 148 cm³/mol. The quantitative estimate of drug-likeness (QED) is 0.266. The van der Waals surface area contributed by atoms with Crippen molar-refractivity contribution in [2.24, 2.45) is 17.4 Å². The van der Waals surface area contributed by atoms with Crippen molar-refractivity contribution in [1.29, 1.82) is 0 Å². The van der Waals surface area contributed by atoms with Gasteiger partial charge in [-0.05, 0) is 65.8 Å². The van der Waals surface area contributed by atoms with Crippen molar-refractivity contribution >= 4 is 29.3 Å². The highest BCUT2D eigenvalue weighted by Gasteiger charge is 2.53. The third kappa shape index (κ3) is 3.64. The lowest BCUT2D eigenvalue weighted by Gasteiger charge is -2.38. The van der Waals surface area contributed by atoms with Crippen LogP contribution in [0, 0.1) is 5.92 Å². The van der Waals surface area contributed by atoms with E-state index in [1.54, 1.807) is 0 Å². The summed E-state index contributed by atoms with van der Waals surface area (Å²) in [5.74, 6) is 1.32. The Balaban J connectivity index is 1.35. The zero-order valence-electron chi connectivity index (χ0n) is 20.8. The molecule has 1 aromatic heterocycles. The number of ether oxygens (including phenoxy) is 1. The van der Waals surface area contributed by atoms with E-state index in [0.29, 0.717) is 30.3 Å². The van der Waals surface area contributed by atoms with Crippen LogP contribution in [0.1, 0.15) is 69.5 Å². The van der Waals surface area contributed by atoms with Crippen LogP contribution in [-0.2, 0) is 12.1 Å². The molecule has 0 bridgehead atoms. The third-order valence-electron chi connectivity index (χ3n) is 8.48. The van der Waals surface area contributed by atoms with Gasteiger partial charge in [0, 0.05) is 52.6 Å². The second-order valence-electron chi connectivity index (χ2n) is 10.9. The minimum atomic E-state index is -0.629.